The Hall–Kier alpha value is -2.04. The lowest BCUT2D eigenvalue weighted by molar-refractivity contribution is 0.0804. The average Bonchev–Trinajstić information content (AvgIpc) is 3.22. The minimum atomic E-state index is 0.0105. The van der Waals surface area contributed by atoms with Gasteiger partial charge in [-0.25, -0.2) is 0 Å². The van der Waals surface area contributed by atoms with Crippen LogP contribution in [-0.2, 0) is 4.74 Å². The lowest BCUT2D eigenvalue weighted by Gasteiger charge is -2.22. The molecule has 2 aromatic carbocycles. The van der Waals surface area contributed by atoms with Crippen molar-refractivity contribution in [3.05, 3.63) is 64.7 Å². The normalized spacial score (nSPS) is 22.2. The summed E-state index contributed by atoms with van der Waals surface area (Å²) in [6.45, 7) is 4.34. The zero-order chi connectivity index (χ0) is 19.3. The van der Waals surface area contributed by atoms with E-state index in [1.165, 1.54) is 11.3 Å². The van der Waals surface area contributed by atoms with Crippen LogP contribution in [0.5, 0.6) is 0 Å². The Morgan fingerprint density at radius 1 is 1.11 bits per heavy atom. The van der Waals surface area contributed by atoms with E-state index in [9.17, 15) is 4.79 Å². The van der Waals surface area contributed by atoms with Gasteiger partial charge in [0.05, 0.1) is 6.61 Å². The third-order valence-corrected chi connectivity index (χ3v) is 6.09. The Labute approximate surface area is 171 Å². The number of anilines is 1. The molecule has 2 aliphatic rings. The molecule has 0 saturated carbocycles. The lowest BCUT2D eigenvalue weighted by atomic mass is 9.93. The zero-order valence-corrected chi connectivity index (χ0v) is 16.8. The maximum Gasteiger partial charge on any atom is 0.251 e. The monoisotopic (exact) mass is 398 g/mol. The average molecular weight is 399 g/mol. The van der Waals surface area contributed by atoms with Crippen LogP contribution in [0.3, 0.4) is 0 Å². The molecule has 2 aliphatic heterocycles. The fraction of sp³-hybridized carbons (Fsp3) is 0.435. The van der Waals surface area contributed by atoms with Gasteiger partial charge in [0, 0.05) is 48.4 Å². The quantitative estimate of drug-likeness (QED) is 0.806. The fourth-order valence-electron chi connectivity index (χ4n) is 4.14. The van der Waals surface area contributed by atoms with Gasteiger partial charge in [0.25, 0.3) is 5.91 Å². The summed E-state index contributed by atoms with van der Waals surface area (Å²) in [5.41, 5.74) is 3.19. The molecule has 1 N–H and O–H groups in total. The number of hydrogen-bond acceptors (Lipinski definition) is 3. The van der Waals surface area contributed by atoms with E-state index < -0.39 is 0 Å². The highest BCUT2D eigenvalue weighted by Gasteiger charge is 2.23. The van der Waals surface area contributed by atoms with Gasteiger partial charge in [-0.2, -0.15) is 0 Å². The van der Waals surface area contributed by atoms with Crippen LogP contribution in [0.2, 0.25) is 5.02 Å². The number of amides is 1. The van der Waals surface area contributed by atoms with Crippen LogP contribution in [0, 0.1) is 5.92 Å². The summed E-state index contributed by atoms with van der Waals surface area (Å²) in [5, 5.41) is 3.87. The molecule has 2 unspecified atom stereocenters. The van der Waals surface area contributed by atoms with Gasteiger partial charge in [-0.1, -0.05) is 23.7 Å². The molecule has 1 amide bonds. The molecule has 0 radical (unpaired) electrons. The smallest absolute Gasteiger partial charge is 0.251 e. The summed E-state index contributed by atoms with van der Waals surface area (Å²) in [6, 6.07) is 16.0. The van der Waals surface area contributed by atoms with Gasteiger partial charge < -0.3 is 15.0 Å². The summed E-state index contributed by atoms with van der Waals surface area (Å²) >= 11 is 5.97. The van der Waals surface area contributed by atoms with E-state index in [-0.39, 0.29) is 5.91 Å². The van der Waals surface area contributed by atoms with E-state index in [1.54, 1.807) is 0 Å². The molecule has 4 nitrogen and oxygen atoms in total. The van der Waals surface area contributed by atoms with Crippen molar-refractivity contribution in [3.8, 4) is 0 Å². The van der Waals surface area contributed by atoms with Crippen molar-refractivity contribution in [1.82, 2.24) is 5.32 Å². The van der Waals surface area contributed by atoms with Gasteiger partial charge in [0.1, 0.15) is 0 Å². The van der Waals surface area contributed by atoms with Gasteiger partial charge in [-0.05, 0) is 67.1 Å². The van der Waals surface area contributed by atoms with Crippen molar-refractivity contribution in [2.45, 2.75) is 25.2 Å². The van der Waals surface area contributed by atoms with Crippen molar-refractivity contribution in [2.24, 2.45) is 5.92 Å². The number of hydrogen-bond donors (Lipinski definition) is 1. The zero-order valence-electron chi connectivity index (χ0n) is 16.1. The number of carbonyl (C=O) groups excluding carboxylic acids is 1. The SMILES string of the molecule is O=C(NCC1CCN(c2ccc(Cl)cc2)C1)c1ccc(C2CCCOC2)cc1. The van der Waals surface area contributed by atoms with Crippen LogP contribution in [0.25, 0.3) is 0 Å². The topological polar surface area (TPSA) is 41.6 Å². The standard InChI is InChI=1S/C23H27ClN2O2/c24-21-7-9-22(10-8-21)26-12-11-17(15-26)14-25-23(27)19-5-3-18(4-6-19)20-2-1-13-28-16-20/h3-10,17,20H,1-2,11-16H2,(H,25,27). The molecule has 2 heterocycles. The molecule has 28 heavy (non-hydrogen) atoms. The van der Waals surface area contributed by atoms with Crippen LogP contribution in [0.1, 0.15) is 41.1 Å². The Kier molecular flexibility index (Phi) is 6.18. The number of halogens is 1. The van der Waals surface area contributed by atoms with Crippen molar-refractivity contribution in [1.29, 1.82) is 0 Å². The van der Waals surface area contributed by atoms with Crippen molar-refractivity contribution < 1.29 is 9.53 Å². The van der Waals surface area contributed by atoms with Gasteiger partial charge in [0.2, 0.25) is 0 Å². The second-order valence-corrected chi connectivity index (χ2v) is 8.26. The molecule has 2 aromatic rings. The van der Waals surface area contributed by atoms with Crippen LogP contribution in [0.15, 0.2) is 48.5 Å². The molecule has 0 aromatic heterocycles. The third kappa shape index (κ3) is 4.68. The van der Waals surface area contributed by atoms with Crippen molar-refractivity contribution >= 4 is 23.2 Å². The van der Waals surface area contributed by atoms with Crippen LogP contribution in [0.4, 0.5) is 5.69 Å². The number of carbonyl (C=O) groups is 1. The molecule has 4 rings (SSSR count). The van der Waals surface area contributed by atoms with E-state index in [0.29, 0.717) is 18.4 Å². The maximum atomic E-state index is 12.5. The summed E-state index contributed by atoms with van der Waals surface area (Å²) in [7, 11) is 0. The lowest BCUT2D eigenvalue weighted by Crippen LogP contribution is -2.31. The highest BCUT2D eigenvalue weighted by Crippen LogP contribution is 2.26. The van der Waals surface area contributed by atoms with Gasteiger partial charge in [0.15, 0.2) is 0 Å². The molecule has 2 atom stereocenters. The van der Waals surface area contributed by atoms with Crippen LogP contribution >= 0.6 is 11.6 Å². The Bertz CT molecular complexity index is 785. The van der Waals surface area contributed by atoms with Gasteiger partial charge >= 0.3 is 0 Å². The van der Waals surface area contributed by atoms with Crippen molar-refractivity contribution in [3.63, 3.8) is 0 Å². The molecule has 2 fully saturated rings. The van der Waals surface area contributed by atoms with E-state index >= 15 is 0 Å². The van der Waals surface area contributed by atoms with Crippen molar-refractivity contribution in [2.75, 3.05) is 37.7 Å². The van der Waals surface area contributed by atoms with E-state index in [1.807, 2.05) is 24.3 Å². The highest BCUT2D eigenvalue weighted by atomic mass is 35.5. The third-order valence-electron chi connectivity index (χ3n) is 5.83. The minimum Gasteiger partial charge on any atom is -0.381 e. The Balaban J connectivity index is 1.27. The van der Waals surface area contributed by atoms with Crippen LogP contribution < -0.4 is 10.2 Å². The van der Waals surface area contributed by atoms with Crippen LogP contribution in [-0.4, -0.2) is 38.8 Å². The molecule has 5 heteroatoms. The number of ether oxygens (including phenoxy) is 1. The summed E-state index contributed by atoms with van der Waals surface area (Å²) in [6.07, 6.45) is 3.36. The van der Waals surface area contributed by atoms with Gasteiger partial charge in [-0.3, -0.25) is 4.79 Å². The predicted molar refractivity (Wildman–Crippen MR) is 113 cm³/mol. The molecular weight excluding hydrogens is 372 g/mol. The summed E-state index contributed by atoms with van der Waals surface area (Å²) in [5.74, 6) is 0.942. The Morgan fingerprint density at radius 2 is 1.89 bits per heavy atom. The van der Waals surface area contributed by atoms with E-state index in [0.717, 1.165) is 56.2 Å². The summed E-state index contributed by atoms with van der Waals surface area (Å²) in [4.78, 5) is 14.9. The fourth-order valence-corrected chi connectivity index (χ4v) is 4.26. The van der Waals surface area contributed by atoms with Gasteiger partial charge in [-0.15, -0.1) is 0 Å². The first-order valence-corrected chi connectivity index (χ1v) is 10.5. The first-order valence-electron chi connectivity index (χ1n) is 10.2. The molecular formula is C23H27ClN2O2. The second-order valence-electron chi connectivity index (χ2n) is 7.82. The number of nitrogens with one attached hydrogen (secondary N) is 1. The first kappa shape index (κ1) is 19.3. The van der Waals surface area contributed by atoms with E-state index in [4.69, 9.17) is 16.3 Å². The van der Waals surface area contributed by atoms with E-state index in [2.05, 4.69) is 34.5 Å². The number of benzene rings is 2. The first-order chi connectivity index (χ1) is 13.7. The molecule has 0 spiro atoms. The number of rotatable bonds is 5. The summed E-state index contributed by atoms with van der Waals surface area (Å²) < 4.78 is 5.57. The second kappa shape index (κ2) is 8.97. The largest absolute Gasteiger partial charge is 0.381 e. The number of nitrogens with zero attached hydrogens (tertiary/aromatic N) is 1. The predicted octanol–water partition coefficient (Wildman–Crippen LogP) is 4.49. The maximum absolute atomic E-state index is 12.5. The Morgan fingerprint density at radius 3 is 2.61 bits per heavy atom. The molecule has 0 bridgehead atoms. The molecule has 0 aliphatic carbocycles. The molecule has 148 valence electrons. The highest BCUT2D eigenvalue weighted by molar-refractivity contribution is 6.30. The molecule has 2 saturated heterocycles. The minimum absolute atomic E-state index is 0.0105.